The van der Waals surface area contributed by atoms with Crippen LogP contribution in [0.25, 0.3) is 19.5 Å². The van der Waals surface area contributed by atoms with E-state index in [1.54, 1.807) is 34.0 Å². The molecule has 0 aliphatic rings. The highest BCUT2D eigenvalue weighted by Crippen LogP contribution is 2.41. The molecule has 0 bridgehead atoms. The molecule has 0 amide bonds. The fourth-order valence-corrected chi connectivity index (χ4v) is 4.77. The van der Waals surface area contributed by atoms with Crippen LogP contribution in [0.4, 0.5) is 0 Å². The third kappa shape index (κ3) is 2.63. The smallest absolute Gasteiger partial charge is 0.307 e. The van der Waals surface area contributed by atoms with Gasteiger partial charge in [0.05, 0.1) is 6.42 Å². The zero-order valence-corrected chi connectivity index (χ0v) is 12.3. The van der Waals surface area contributed by atoms with E-state index < -0.39 is 5.97 Å². The molecule has 0 radical (unpaired) electrons. The minimum absolute atomic E-state index is 0.0785. The molecule has 0 atom stereocenters. The quantitative estimate of drug-likeness (QED) is 0.749. The van der Waals surface area contributed by atoms with Gasteiger partial charge < -0.3 is 5.11 Å². The summed E-state index contributed by atoms with van der Waals surface area (Å²) in [4.78, 5) is 15.6. The number of carbonyl (C=O) groups is 1. The van der Waals surface area contributed by atoms with Gasteiger partial charge in [0.15, 0.2) is 0 Å². The number of aliphatic carboxylic acids is 1. The van der Waals surface area contributed by atoms with Crippen LogP contribution in [0.3, 0.4) is 0 Å². The van der Waals surface area contributed by atoms with Crippen molar-refractivity contribution < 1.29 is 9.90 Å². The van der Waals surface area contributed by atoms with Crippen molar-refractivity contribution in [2.24, 2.45) is 0 Å². The second-order valence-electron chi connectivity index (χ2n) is 3.99. The number of hydrogen-bond donors (Lipinski definition) is 1. The molecular formula is C14H10O2S3. The van der Waals surface area contributed by atoms with Crippen molar-refractivity contribution >= 4 is 40.0 Å². The third-order valence-corrected chi connectivity index (χ3v) is 5.95. The van der Waals surface area contributed by atoms with Gasteiger partial charge in [-0.25, -0.2) is 0 Å². The maximum Gasteiger partial charge on any atom is 0.307 e. The average Bonchev–Trinajstić information content (AvgIpc) is 3.09. The Morgan fingerprint density at radius 2 is 1.74 bits per heavy atom. The number of hydrogen-bond acceptors (Lipinski definition) is 4. The van der Waals surface area contributed by atoms with Gasteiger partial charge in [-0.15, -0.1) is 34.0 Å². The number of carboxylic acid groups (broad SMARTS) is 1. The Hall–Kier alpha value is -1.43. The Balaban J connectivity index is 2.08. The maximum absolute atomic E-state index is 11.0. The van der Waals surface area contributed by atoms with E-state index in [1.165, 1.54) is 4.88 Å². The van der Waals surface area contributed by atoms with Gasteiger partial charge in [-0.2, -0.15) is 0 Å². The van der Waals surface area contributed by atoms with Crippen LogP contribution >= 0.6 is 34.0 Å². The van der Waals surface area contributed by atoms with Gasteiger partial charge >= 0.3 is 5.97 Å². The van der Waals surface area contributed by atoms with Crippen LogP contribution < -0.4 is 0 Å². The summed E-state index contributed by atoms with van der Waals surface area (Å²) < 4.78 is 0. The SMILES string of the molecule is O=C(O)Cc1cc(-c2cccs2)sc1-c1cccs1. The first-order chi connectivity index (χ1) is 9.24. The summed E-state index contributed by atoms with van der Waals surface area (Å²) in [5, 5.41) is 13.1. The molecule has 3 heterocycles. The normalized spacial score (nSPS) is 10.7. The van der Waals surface area contributed by atoms with Crippen molar-refractivity contribution in [3.05, 3.63) is 46.7 Å². The molecule has 1 N–H and O–H groups in total. The molecule has 3 aromatic heterocycles. The molecule has 0 saturated heterocycles. The number of thiophene rings is 3. The molecule has 2 nitrogen and oxygen atoms in total. The van der Waals surface area contributed by atoms with Crippen LogP contribution in [0, 0.1) is 0 Å². The molecule has 3 aromatic rings. The fraction of sp³-hybridized carbons (Fsp3) is 0.0714. The Kier molecular flexibility index (Phi) is 3.50. The lowest BCUT2D eigenvalue weighted by molar-refractivity contribution is -0.136. The molecule has 5 heteroatoms. The van der Waals surface area contributed by atoms with E-state index in [0.717, 1.165) is 20.2 Å². The minimum atomic E-state index is -0.784. The molecular weight excluding hydrogens is 296 g/mol. The van der Waals surface area contributed by atoms with Crippen LogP contribution in [0.1, 0.15) is 5.56 Å². The van der Waals surface area contributed by atoms with Crippen molar-refractivity contribution in [3.8, 4) is 19.5 Å². The van der Waals surface area contributed by atoms with Crippen molar-refractivity contribution in [2.45, 2.75) is 6.42 Å². The van der Waals surface area contributed by atoms with Gasteiger partial charge in [0.2, 0.25) is 0 Å². The summed E-state index contributed by atoms with van der Waals surface area (Å²) in [5.41, 5.74) is 0.906. The molecule has 3 rings (SSSR count). The highest BCUT2D eigenvalue weighted by molar-refractivity contribution is 7.26. The topological polar surface area (TPSA) is 37.3 Å². The first kappa shape index (κ1) is 12.6. The number of carboxylic acids is 1. The van der Waals surface area contributed by atoms with E-state index >= 15 is 0 Å². The van der Waals surface area contributed by atoms with Crippen LogP contribution in [0.2, 0.25) is 0 Å². The maximum atomic E-state index is 11.0. The van der Waals surface area contributed by atoms with Crippen molar-refractivity contribution in [1.82, 2.24) is 0 Å². The van der Waals surface area contributed by atoms with E-state index in [4.69, 9.17) is 5.11 Å². The average molecular weight is 306 g/mol. The predicted molar refractivity (Wildman–Crippen MR) is 82.3 cm³/mol. The van der Waals surface area contributed by atoms with Gasteiger partial charge in [0, 0.05) is 19.5 Å². The van der Waals surface area contributed by atoms with Gasteiger partial charge in [-0.3, -0.25) is 4.79 Å². The molecule has 96 valence electrons. The zero-order valence-electron chi connectivity index (χ0n) is 9.83. The van der Waals surface area contributed by atoms with Crippen molar-refractivity contribution in [3.63, 3.8) is 0 Å². The lowest BCUT2D eigenvalue weighted by Gasteiger charge is -1.97. The lowest BCUT2D eigenvalue weighted by atomic mass is 10.1. The highest BCUT2D eigenvalue weighted by atomic mass is 32.1. The molecule has 0 unspecified atom stereocenters. The standard InChI is InChI=1S/C14H10O2S3/c15-13(16)8-9-7-12(10-3-1-5-17-10)19-14(9)11-4-2-6-18-11/h1-7H,8H2,(H,15,16). The Morgan fingerprint density at radius 3 is 2.32 bits per heavy atom. The molecule has 0 saturated carbocycles. The van der Waals surface area contributed by atoms with E-state index in [9.17, 15) is 4.79 Å². The Morgan fingerprint density at radius 1 is 1.05 bits per heavy atom. The molecule has 0 aliphatic heterocycles. The third-order valence-electron chi connectivity index (χ3n) is 2.66. The van der Waals surface area contributed by atoms with Gasteiger partial charge in [0.25, 0.3) is 0 Å². The van der Waals surface area contributed by atoms with E-state index in [1.807, 2.05) is 35.0 Å². The van der Waals surface area contributed by atoms with Crippen LogP contribution in [-0.2, 0) is 11.2 Å². The molecule has 0 spiro atoms. The summed E-state index contributed by atoms with van der Waals surface area (Å²) in [6.07, 6.45) is 0.0785. The summed E-state index contributed by atoms with van der Waals surface area (Å²) in [7, 11) is 0. The van der Waals surface area contributed by atoms with Crippen molar-refractivity contribution in [1.29, 1.82) is 0 Å². The summed E-state index contributed by atoms with van der Waals surface area (Å²) in [6, 6.07) is 10.1. The van der Waals surface area contributed by atoms with Crippen molar-refractivity contribution in [2.75, 3.05) is 0 Å². The predicted octanol–water partition coefficient (Wildman–Crippen LogP) is 4.83. The largest absolute Gasteiger partial charge is 0.481 e. The molecule has 0 aliphatic carbocycles. The summed E-state index contributed by atoms with van der Waals surface area (Å²) in [6.45, 7) is 0. The van der Waals surface area contributed by atoms with Gasteiger partial charge in [-0.05, 0) is 34.5 Å². The molecule has 0 aromatic carbocycles. The fourth-order valence-electron chi connectivity index (χ4n) is 1.88. The highest BCUT2D eigenvalue weighted by Gasteiger charge is 2.15. The first-order valence-electron chi connectivity index (χ1n) is 5.66. The van der Waals surface area contributed by atoms with E-state index in [0.29, 0.717) is 0 Å². The van der Waals surface area contributed by atoms with Crippen LogP contribution in [0.5, 0.6) is 0 Å². The van der Waals surface area contributed by atoms with Crippen LogP contribution in [0.15, 0.2) is 41.1 Å². The first-order valence-corrected chi connectivity index (χ1v) is 8.24. The molecule has 19 heavy (non-hydrogen) atoms. The number of rotatable bonds is 4. The summed E-state index contributed by atoms with van der Waals surface area (Å²) in [5.74, 6) is -0.784. The second-order valence-corrected chi connectivity index (χ2v) is 6.94. The zero-order chi connectivity index (χ0) is 13.2. The monoisotopic (exact) mass is 306 g/mol. The minimum Gasteiger partial charge on any atom is -0.481 e. The van der Waals surface area contributed by atoms with E-state index in [2.05, 4.69) is 6.07 Å². The Bertz CT molecular complexity index is 678. The van der Waals surface area contributed by atoms with Gasteiger partial charge in [0.1, 0.15) is 0 Å². The van der Waals surface area contributed by atoms with Gasteiger partial charge in [-0.1, -0.05) is 12.1 Å². The molecule has 0 fully saturated rings. The lowest BCUT2D eigenvalue weighted by Crippen LogP contribution is -1.99. The summed E-state index contributed by atoms with van der Waals surface area (Å²) >= 11 is 5.00. The van der Waals surface area contributed by atoms with E-state index in [-0.39, 0.29) is 6.42 Å². The van der Waals surface area contributed by atoms with Crippen LogP contribution in [-0.4, -0.2) is 11.1 Å². The Labute approximate surface area is 122 Å². The second kappa shape index (κ2) is 5.28.